The summed E-state index contributed by atoms with van der Waals surface area (Å²) in [6, 6.07) is 3.67. The lowest BCUT2D eigenvalue weighted by molar-refractivity contribution is 0.0696. The van der Waals surface area contributed by atoms with Gasteiger partial charge in [0, 0.05) is 11.7 Å². The van der Waals surface area contributed by atoms with E-state index in [1.807, 2.05) is 0 Å². The first kappa shape index (κ1) is 14.8. The molecule has 0 spiro atoms. The normalized spacial score (nSPS) is 17.1. The standard InChI is InChI=1S/C16H24N2O2/c1-3-6-14-9-13(16(19)20)10-15(18-14)17-11(2)12-7-4-5-8-12/h9-12H,3-8H2,1-2H3,(H,17,18)(H,19,20). The molecule has 1 atom stereocenters. The number of carboxylic acids is 1. The Bertz CT molecular complexity index is 468. The van der Waals surface area contributed by atoms with Crippen molar-refractivity contribution in [2.45, 2.75) is 58.4 Å². The number of anilines is 1. The predicted molar refractivity (Wildman–Crippen MR) is 80.2 cm³/mol. The molecule has 1 saturated carbocycles. The number of carbonyl (C=O) groups is 1. The number of hydrogen-bond acceptors (Lipinski definition) is 3. The molecule has 1 unspecified atom stereocenters. The fraction of sp³-hybridized carbons (Fsp3) is 0.625. The van der Waals surface area contributed by atoms with E-state index in [2.05, 4.69) is 24.1 Å². The molecule has 0 amide bonds. The van der Waals surface area contributed by atoms with Crippen LogP contribution in [0.25, 0.3) is 0 Å². The predicted octanol–water partition coefficient (Wildman–Crippen LogP) is 3.72. The van der Waals surface area contributed by atoms with Crippen LogP contribution in [-0.4, -0.2) is 22.1 Å². The molecule has 0 aromatic carbocycles. The van der Waals surface area contributed by atoms with E-state index in [9.17, 15) is 9.90 Å². The van der Waals surface area contributed by atoms with Gasteiger partial charge in [0.1, 0.15) is 5.82 Å². The zero-order chi connectivity index (χ0) is 14.5. The van der Waals surface area contributed by atoms with Crippen molar-refractivity contribution in [3.8, 4) is 0 Å². The highest BCUT2D eigenvalue weighted by Crippen LogP contribution is 2.29. The average Bonchev–Trinajstić information content (AvgIpc) is 2.92. The van der Waals surface area contributed by atoms with Crippen molar-refractivity contribution in [2.75, 3.05) is 5.32 Å². The van der Waals surface area contributed by atoms with Gasteiger partial charge in [-0.2, -0.15) is 0 Å². The largest absolute Gasteiger partial charge is 0.478 e. The number of carboxylic acid groups (broad SMARTS) is 1. The lowest BCUT2D eigenvalue weighted by atomic mass is 10.00. The van der Waals surface area contributed by atoms with Gasteiger partial charge < -0.3 is 10.4 Å². The van der Waals surface area contributed by atoms with Crippen LogP contribution in [0.4, 0.5) is 5.82 Å². The first-order valence-corrected chi connectivity index (χ1v) is 7.61. The molecule has 0 radical (unpaired) electrons. The summed E-state index contributed by atoms with van der Waals surface area (Å²) < 4.78 is 0. The zero-order valence-corrected chi connectivity index (χ0v) is 12.4. The number of rotatable bonds is 6. The summed E-state index contributed by atoms with van der Waals surface area (Å²) in [5, 5.41) is 12.6. The molecular formula is C16H24N2O2. The van der Waals surface area contributed by atoms with Crippen molar-refractivity contribution < 1.29 is 9.90 Å². The second-order valence-electron chi connectivity index (χ2n) is 5.77. The van der Waals surface area contributed by atoms with E-state index in [-0.39, 0.29) is 0 Å². The maximum atomic E-state index is 11.2. The van der Waals surface area contributed by atoms with E-state index in [4.69, 9.17) is 0 Å². The number of aromatic carboxylic acids is 1. The molecule has 2 N–H and O–H groups in total. The van der Waals surface area contributed by atoms with Crippen LogP contribution in [0.3, 0.4) is 0 Å². The van der Waals surface area contributed by atoms with Crippen LogP contribution in [-0.2, 0) is 6.42 Å². The highest BCUT2D eigenvalue weighted by molar-refractivity contribution is 5.88. The number of aromatic nitrogens is 1. The highest BCUT2D eigenvalue weighted by atomic mass is 16.4. The molecule has 2 rings (SSSR count). The molecular weight excluding hydrogens is 252 g/mol. The fourth-order valence-electron chi connectivity index (χ4n) is 2.98. The Morgan fingerprint density at radius 2 is 2.15 bits per heavy atom. The van der Waals surface area contributed by atoms with Gasteiger partial charge >= 0.3 is 5.97 Å². The van der Waals surface area contributed by atoms with Gasteiger partial charge in [-0.25, -0.2) is 9.78 Å². The van der Waals surface area contributed by atoms with Gasteiger partial charge in [0.2, 0.25) is 0 Å². The third kappa shape index (κ3) is 3.71. The summed E-state index contributed by atoms with van der Waals surface area (Å²) in [4.78, 5) is 15.7. The fourth-order valence-corrected chi connectivity index (χ4v) is 2.98. The second kappa shape index (κ2) is 6.73. The van der Waals surface area contributed by atoms with Crippen molar-refractivity contribution in [1.29, 1.82) is 0 Å². The highest BCUT2D eigenvalue weighted by Gasteiger charge is 2.22. The van der Waals surface area contributed by atoms with Gasteiger partial charge in [-0.15, -0.1) is 0 Å². The molecule has 4 heteroatoms. The van der Waals surface area contributed by atoms with Crippen LogP contribution in [0.5, 0.6) is 0 Å². The Kier molecular flexibility index (Phi) is 4.99. The van der Waals surface area contributed by atoms with Crippen LogP contribution in [0.15, 0.2) is 12.1 Å². The molecule has 1 heterocycles. The zero-order valence-electron chi connectivity index (χ0n) is 12.4. The van der Waals surface area contributed by atoms with Gasteiger partial charge in [-0.1, -0.05) is 26.2 Å². The molecule has 20 heavy (non-hydrogen) atoms. The monoisotopic (exact) mass is 276 g/mol. The summed E-state index contributed by atoms with van der Waals surface area (Å²) >= 11 is 0. The summed E-state index contributed by atoms with van der Waals surface area (Å²) in [7, 11) is 0. The molecule has 1 aromatic heterocycles. The molecule has 1 fully saturated rings. The first-order chi connectivity index (χ1) is 9.60. The summed E-state index contributed by atoms with van der Waals surface area (Å²) in [6.45, 7) is 4.24. The summed E-state index contributed by atoms with van der Waals surface area (Å²) in [5.41, 5.74) is 1.18. The first-order valence-electron chi connectivity index (χ1n) is 7.61. The molecule has 1 aliphatic carbocycles. The van der Waals surface area contributed by atoms with Gasteiger partial charge in [0.15, 0.2) is 0 Å². The van der Waals surface area contributed by atoms with E-state index < -0.39 is 5.97 Å². The van der Waals surface area contributed by atoms with E-state index in [0.29, 0.717) is 23.3 Å². The molecule has 0 bridgehead atoms. The van der Waals surface area contributed by atoms with Crippen molar-refractivity contribution in [1.82, 2.24) is 4.98 Å². The number of nitrogens with zero attached hydrogens (tertiary/aromatic N) is 1. The van der Waals surface area contributed by atoms with Crippen LogP contribution >= 0.6 is 0 Å². The van der Waals surface area contributed by atoms with Gasteiger partial charge in [-0.3, -0.25) is 0 Å². The van der Waals surface area contributed by atoms with E-state index in [0.717, 1.165) is 18.5 Å². The third-order valence-electron chi connectivity index (χ3n) is 4.11. The van der Waals surface area contributed by atoms with Crippen LogP contribution in [0.2, 0.25) is 0 Å². The number of aryl methyl sites for hydroxylation is 1. The number of pyridine rings is 1. The quantitative estimate of drug-likeness (QED) is 0.831. The Morgan fingerprint density at radius 1 is 1.45 bits per heavy atom. The van der Waals surface area contributed by atoms with Crippen molar-refractivity contribution in [3.05, 3.63) is 23.4 Å². The third-order valence-corrected chi connectivity index (χ3v) is 4.11. The molecule has 1 aromatic rings. The van der Waals surface area contributed by atoms with E-state index >= 15 is 0 Å². The van der Waals surface area contributed by atoms with Gasteiger partial charge in [-0.05, 0) is 44.2 Å². The Labute approximate surface area is 120 Å². The summed E-state index contributed by atoms with van der Waals surface area (Å²) in [6.07, 6.45) is 6.91. The Hall–Kier alpha value is -1.58. The minimum atomic E-state index is -0.888. The van der Waals surface area contributed by atoms with Crippen molar-refractivity contribution >= 4 is 11.8 Å². The maximum Gasteiger partial charge on any atom is 0.335 e. The molecule has 0 saturated heterocycles. The van der Waals surface area contributed by atoms with Crippen LogP contribution in [0.1, 0.15) is 62.0 Å². The second-order valence-corrected chi connectivity index (χ2v) is 5.77. The maximum absolute atomic E-state index is 11.2. The minimum Gasteiger partial charge on any atom is -0.478 e. The Balaban J connectivity index is 2.14. The molecule has 110 valence electrons. The number of nitrogens with one attached hydrogen (secondary N) is 1. The molecule has 0 aliphatic heterocycles. The Morgan fingerprint density at radius 3 is 2.75 bits per heavy atom. The summed E-state index contributed by atoms with van der Waals surface area (Å²) in [5.74, 6) is 0.494. The minimum absolute atomic E-state index is 0.324. The van der Waals surface area contributed by atoms with Crippen LogP contribution < -0.4 is 5.32 Å². The lowest BCUT2D eigenvalue weighted by Crippen LogP contribution is -2.24. The van der Waals surface area contributed by atoms with E-state index in [1.165, 1.54) is 25.7 Å². The topological polar surface area (TPSA) is 62.2 Å². The molecule has 4 nitrogen and oxygen atoms in total. The van der Waals surface area contributed by atoms with E-state index in [1.54, 1.807) is 12.1 Å². The smallest absolute Gasteiger partial charge is 0.335 e. The average molecular weight is 276 g/mol. The van der Waals surface area contributed by atoms with Crippen LogP contribution in [0, 0.1) is 5.92 Å². The van der Waals surface area contributed by atoms with Gasteiger partial charge in [0.25, 0.3) is 0 Å². The SMILES string of the molecule is CCCc1cc(C(=O)O)cc(NC(C)C2CCCC2)n1. The number of hydrogen-bond donors (Lipinski definition) is 2. The molecule has 1 aliphatic rings. The van der Waals surface area contributed by atoms with Crippen molar-refractivity contribution in [3.63, 3.8) is 0 Å². The lowest BCUT2D eigenvalue weighted by Gasteiger charge is -2.21. The van der Waals surface area contributed by atoms with Gasteiger partial charge in [0.05, 0.1) is 5.56 Å². The van der Waals surface area contributed by atoms with Crippen molar-refractivity contribution in [2.24, 2.45) is 5.92 Å².